The van der Waals surface area contributed by atoms with Crippen molar-refractivity contribution in [1.82, 2.24) is 9.78 Å². The number of hydrogen-bond acceptors (Lipinski definition) is 3. The molecular formula is C20H19F3N4. The van der Waals surface area contributed by atoms with Crippen molar-refractivity contribution in [3.63, 3.8) is 0 Å². The Balaban J connectivity index is 1.85. The number of benzene rings is 2. The van der Waals surface area contributed by atoms with E-state index in [0.717, 1.165) is 35.0 Å². The Hall–Kier alpha value is -2.96. The molecule has 0 atom stereocenters. The molecule has 2 heterocycles. The molecule has 140 valence electrons. The molecule has 4 rings (SSSR count). The molecule has 1 aliphatic rings. The highest BCUT2D eigenvalue weighted by atomic mass is 19.4. The topological polar surface area (TPSA) is 33.1 Å². The molecule has 0 bridgehead atoms. The summed E-state index contributed by atoms with van der Waals surface area (Å²) in [7, 11) is 3.92. The van der Waals surface area contributed by atoms with Crippen LogP contribution in [0.3, 0.4) is 0 Å². The number of hydrogen-bond donors (Lipinski definition) is 1. The van der Waals surface area contributed by atoms with Gasteiger partial charge in [-0.1, -0.05) is 24.3 Å². The fraction of sp³-hybridized carbons (Fsp3) is 0.250. The molecule has 0 saturated carbocycles. The van der Waals surface area contributed by atoms with Gasteiger partial charge in [0.05, 0.1) is 16.9 Å². The number of fused-ring (bicyclic) bond motifs is 1. The third kappa shape index (κ3) is 3.03. The zero-order chi connectivity index (χ0) is 19.2. The molecule has 0 radical (unpaired) electrons. The average Bonchev–Trinajstić information content (AvgIpc) is 3.23. The van der Waals surface area contributed by atoms with Gasteiger partial charge in [-0.05, 0) is 30.7 Å². The van der Waals surface area contributed by atoms with Gasteiger partial charge in [-0.25, -0.2) is 4.68 Å². The first-order chi connectivity index (χ1) is 12.9. The number of nitrogens with one attached hydrogen (secondary N) is 1. The van der Waals surface area contributed by atoms with Gasteiger partial charge in [0.1, 0.15) is 5.82 Å². The quantitative estimate of drug-likeness (QED) is 0.730. The Morgan fingerprint density at radius 2 is 1.74 bits per heavy atom. The van der Waals surface area contributed by atoms with E-state index in [0.29, 0.717) is 12.4 Å². The minimum Gasteiger partial charge on any atom is -0.378 e. The van der Waals surface area contributed by atoms with Gasteiger partial charge in [-0.2, -0.15) is 18.3 Å². The maximum absolute atomic E-state index is 13.5. The monoisotopic (exact) mass is 372 g/mol. The van der Waals surface area contributed by atoms with Crippen LogP contribution in [0.1, 0.15) is 11.1 Å². The second kappa shape index (κ2) is 6.33. The number of para-hydroxylation sites is 1. The lowest BCUT2D eigenvalue weighted by atomic mass is 10.1. The molecule has 2 aromatic carbocycles. The molecule has 27 heavy (non-hydrogen) atoms. The predicted octanol–water partition coefficient (Wildman–Crippen LogP) is 4.59. The molecule has 0 saturated heterocycles. The number of aromatic nitrogens is 2. The van der Waals surface area contributed by atoms with Crippen LogP contribution >= 0.6 is 0 Å². The molecule has 1 N–H and O–H groups in total. The maximum atomic E-state index is 13.5. The van der Waals surface area contributed by atoms with Crippen LogP contribution in [-0.2, 0) is 12.6 Å². The highest BCUT2D eigenvalue weighted by molar-refractivity contribution is 5.74. The largest absolute Gasteiger partial charge is 0.418 e. The van der Waals surface area contributed by atoms with Gasteiger partial charge in [0, 0.05) is 37.5 Å². The van der Waals surface area contributed by atoms with E-state index < -0.39 is 11.7 Å². The Labute approximate surface area is 155 Å². The van der Waals surface area contributed by atoms with Crippen molar-refractivity contribution >= 4 is 11.5 Å². The molecule has 7 heteroatoms. The first-order valence-electron chi connectivity index (χ1n) is 8.66. The second-order valence-corrected chi connectivity index (χ2v) is 6.72. The van der Waals surface area contributed by atoms with Crippen molar-refractivity contribution in [1.29, 1.82) is 0 Å². The van der Waals surface area contributed by atoms with E-state index in [1.807, 2.05) is 43.3 Å². The normalized spacial score (nSPS) is 13.4. The number of alkyl halides is 3. The Morgan fingerprint density at radius 3 is 2.41 bits per heavy atom. The third-order valence-corrected chi connectivity index (χ3v) is 4.75. The van der Waals surface area contributed by atoms with Crippen LogP contribution in [-0.4, -0.2) is 30.4 Å². The molecule has 0 unspecified atom stereocenters. The molecule has 0 spiro atoms. The summed E-state index contributed by atoms with van der Waals surface area (Å²) < 4.78 is 41.8. The fourth-order valence-corrected chi connectivity index (χ4v) is 3.40. The standard InChI is InChI=1S/C20H19F3N4/c1-26(2)14-9-7-13(8-10-14)18-15-11-12-24-19(15)27(25-18)17-6-4-3-5-16(17)20(21,22)23/h3-10,24H,11-12H2,1-2H3. The lowest BCUT2D eigenvalue weighted by molar-refractivity contribution is -0.137. The predicted molar refractivity (Wildman–Crippen MR) is 101 cm³/mol. The summed E-state index contributed by atoms with van der Waals surface area (Å²) in [6.07, 6.45) is -3.71. The summed E-state index contributed by atoms with van der Waals surface area (Å²) in [4.78, 5) is 1.99. The van der Waals surface area contributed by atoms with Gasteiger partial charge in [0.15, 0.2) is 0 Å². The first kappa shape index (κ1) is 17.5. The van der Waals surface area contributed by atoms with Gasteiger partial charge in [-0.3, -0.25) is 0 Å². The van der Waals surface area contributed by atoms with E-state index in [4.69, 9.17) is 0 Å². The van der Waals surface area contributed by atoms with Crippen molar-refractivity contribution < 1.29 is 13.2 Å². The van der Waals surface area contributed by atoms with E-state index >= 15 is 0 Å². The van der Waals surface area contributed by atoms with Crippen molar-refractivity contribution in [2.75, 3.05) is 30.9 Å². The van der Waals surface area contributed by atoms with Crippen LogP contribution in [0.4, 0.5) is 24.7 Å². The summed E-state index contributed by atoms with van der Waals surface area (Å²) in [5.41, 5.74) is 2.95. The number of halogens is 3. The van der Waals surface area contributed by atoms with Gasteiger partial charge in [0.25, 0.3) is 0 Å². The van der Waals surface area contributed by atoms with Gasteiger partial charge in [-0.15, -0.1) is 0 Å². The van der Waals surface area contributed by atoms with Crippen molar-refractivity contribution in [3.05, 3.63) is 59.7 Å². The van der Waals surface area contributed by atoms with Crippen LogP contribution in [0, 0.1) is 0 Å². The lowest BCUT2D eigenvalue weighted by Crippen LogP contribution is -2.13. The molecule has 0 fully saturated rings. The number of rotatable bonds is 3. The zero-order valence-corrected chi connectivity index (χ0v) is 15.0. The lowest BCUT2D eigenvalue weighted by Gasteiger charge is -2.14. The SMILES string of the molecule is CN(C)c1ccc(-c2nn(-c3ccccc3C(F)(F)F)c3c2CCN3)cc1. The summed E-state index contributed by atoms with van der Waals surface area (Å²) >= 11 is 0. The Bertz CT molecular complexity index is 972. The van der Waals surface area contributed by atoms with Crippen LogP contribution in [0.2, 0.25) is 0 Å². The van der Waals surface area contributed by atoms with Gasteiger partial charge < -0.3 is 10.2 Å². The highest BCUT2D eigenvalue weighted by Crippen LogP contribution is 2.39. The molecule has 4 nitrogen and oxygen atoms in total. The summed E-state index contributed by atoms with van der Waals surface area (Å²) in [5, 5.41) is 7.75. The third-order valence-electron chi connectivity index (χ3n) is 4.75. The number of anilines is 2. The molecule has 1 aromatic heterocycles. The average molecular weight is 372 g/mol. The molecule has 1 aliphatic heterocycles. The van der Waals surface area contributed by atoms with Crippen LogP contribution in [0.15, 0.2) is 48.5 Å². The number of nitrogens with zero attached hydrogens (tertiary/aromatic N) is 3. The molecular weight excluding hydrogens is 353 g/mol. The second-order valence-electron chi connectivity index (χ2n) is 6.72. The van der Waals surface area contributed by atoms with Crippen LogP contribution in [0.5, 0.6) is 0 Å². The fourth-order valence-electron chi connectivity index (χ4n) is 3.40. The Morgan fingerprint density at radius 1 is 1.04 bits per heavy atom. The van der Waals surface area contributed by atoms with E-state index in [1.54, 1.807) is 6.07 Å². The molecule has 0 aliphatic carbocycles. The summed E-state index contributed by atoms with van der Waals surface area (Å²) in [6.45, 7) is 0.685. The highest BCUT2D eigenvalue weighted by Gasteiger charge is 2.35. The first-order valence-corrected chi connectivity index (χ1v) is 8.66. The van der Waals surface area contributed by atoms with Crippen molar-refractivity contribution in [2.24, 2.45) is 0 Å². The van der Waals surface area contributed by atoms with E-state index in [9.17, 15) is 13.2 Å². The van der Waals surface area contributed by atoms with Gasteiger partial charge in [0.2, 0.25) is 0 Å². The Kier molecular flexibility index (Phi) is 4.09. The maximum Gasteiger partial charge on any atom is 0.418 e. The van der Waals surface area contributed by atoms with Crippen LogP contribution in [0.25, 0.3) is 16.9 Å². The zero-order valence-electron chi connectivity index (χ0n) is 15.0. The van der Waals surface area contributed by atoms with Crippen molar-refractivity contribution in [2.45, 2.75) is 12.6 Å². The smallest absolute Gasteiger partial charge is 0.378 e. The van der Waals surface area contributed by atoms with E-state index in [-0.39, 0.29) is 5.69 Å². The van der Waals surface area contributed by atoms with Gasteiger partial charge >= 0.3 is 6.18 Å². The molecule has 0 amide bonds. The van der Waals surface area contributed by atoms with E-state index in [2.05, 4.69) is 10.4 Å². The summed E-state index contributed by atoms with van der Waals surface area (Å²) in [5.74, 6) is 0.637. The summed E-state index contributed by atoms with van der Waals surface area (Å²) in [6, 6.07) is 13.4. The minimum absolute atomic E-state index is 0.0341. The van der Waals surface area contributed by atoms with Crippen LogP contribution < -0.4 is 10.2 Å². The van der Waals surface area contributed by atoms with E-state index in [1.165, 1.54) is 16.8 Å². The van der Waals surface area contributed by atoms with Crippen molar-refractivity contribution in [3.8, 4) is 16.9 Å². The molecule has 3 aromatic rings. The minimum atomic E-state index is -4.44.